The van der Waals surface area contributed by atoms with Crippen molar-refractivity contribution in [2.45, 2.75) is 9.10 Å². The van der Waals surface area contributed by atoms with E-state index in [1.165, 1.54) is 53.4 Å². The molecule has 9 heteroatoms. The van der Waals surface area contributed by atoms with E-state index < -0.39 is 10.0 Å². The Morgan fingerprint density at radius 3 is 2.65 bits per heavy atom. The number of nitrogens with one attached hydrogen (secondary N) is 1. The first-order chi connectivity index (χ1) is 9.44. The molecule has 1 aromatic heterocycles. The number of hydrogen-bond donors (Lipinski definition) is 1. The van der Waals surface area contributed by atoms with Crippen LogP contribution < -0.4 is 5.32 Å². The number of halogens is 2. The second-order valence-corrected chi connectivity index (χ2v) is 8.32. The highest BCUT2D eigenvalue weighted by Crippen LogP contribution is 2.42. The summed E-state index contributed by atoms with van der Waals surface area (Å²) in [5, 5.41) is 3.06. The van der Waals surface area contributed by atoms with Crippen LogP contribution in [0.5, 0.6) is 0 Å². The van der Waals surface area contributed by atoms with E-state index in [2.05, 4.69) is 9.71 Å². The smallest absolute Gasteiger partial charge is 0.286 e. The van der Waals surface area contributed by atoms with Gasteiger partial charge in [0.25, 0.3) is 10.0 Å². The van der Waals surface area contributed by atoms with Crippen molar-refractivity contribution in [3.05, 3.63) is 40.5 Å². The molecule has 1 aliphatic heterocycles. The number of amidine groups is 1. The van der Waals surface area contributed by atoms with Crippen molar-refractivity contribution >= 4 is 55.6 Å². The Hall–Kier alpha value is -1.09. The molecule has 0 fully saturated rings. The predicted octanol–water partition coefficient (Wildman–Crippen LogP) is 3.80. The van der Waals surface area contributed by atoms with Crippen LogP contribution in [-0.2, 0) is 10.0 Å². The van der Waals surface area contributed by atoms with Gasteiger partial charge in [0.2, 0.25) is 0 Å². The maximum atomic E-state index is 12.8. The van der Waals surface area contributed by atoms with Gasteiger partial charge in [-0.25, -0.2) is 4.39 Å². The van der Waals surface area contributed by atoms with Crippen molar-refractivity contribution in [3.63, 3.8) is 0 Å². The van der Waals surface area contributed by atoms with Gasteiger partial charge in [-0.3, -0.25) is 0 Å². The quantitative estimate of drug-likeness (QED) is 0.851. The molecule has 0 saturated carbocycles. The first-order valence-electron chi connectivity index (χ1n) is 5.29. The molecular formula is C11H6ClFN2O2S3. The van der Waals surface area contributed by atoms with Gasteiger partial charge in [0.1, 0.15) is 10.7 Å². The Morgan fingerprint density at radius 2 is 1.95 bits per heavy atom. The molecular weight excluding hydrogens is 343 g/mol. The zero-order valence-electron chi connectivity index (χ0n) is 9.63. The minimum Gasteiger partial charge on any atom is -0.334 e. The summed E-state index contributed by atoms with van der Waals surface area (Å²) in [6, 6.07) is 6.95. The Kier molecular flexibility index (Phi) is 3.49. The van der Waals surface area contributed by atoms with Crippen LogP contribution in [0.3, 0.4) is 0 Å². The molecule has 0 radical (unpaired) electrons. The number of nitrogens with zero attached hydrogens (tertiary/aromatic N) is 1. The zero-order valence-corrected chi connectivity index (χ0v) is 12.8. The molecule has 1 aliphatic rings. The maximum absolute atomic E-state index is 12.8. The predicted molar refractivity (Wildman–Crippen MR) is 79.8 cm³/mol. The number of benzene rings is 1. The first kappa shape index (κ1) is 13.9. The van der Waals surface area contributed by atoms with Crippen molar-refractivity contribution in [2.75, 3.05) is 5.32 Å². The van der Waals surface area contributed by atoms with E-state index in [-0.39, 0.29) is 15.9 Å². The second-order valence-electron chi connectivity index (χ2n) is 3.81. The molecule has 0 unspecified atom stereocenters. The Labute approximate surface area is 127 Å². The topological polar surface area (TPSA) is 58.5 Å². The van der Waals surface area contributed by atoms with E-state index in [1.54, 1.807) is 0 Å². The summed E-state index contributed by atoms with van der Waals surface area (Å²) >= 11 is 8.19. The Balaban J connectivity index is 1.93. The van der Waals surface area contributed by atoms with Gasteiger partial charge in [-0.15, -0.1) is 15.7 Å². The summed E-state index contributed by atoms with van der Waals surface area (Å²) in [5.74, 6) is -0.367. The van der Waals surface area contributed by atoms with Crippen molar-refractivity contribution in [1.29, 1.82) is 0 Å². The van der Waals surface area contributed by atoms with E-state index >= 15 is 0 Å². The number of sulfonamides is 1. The molecule has 4 nitrogen and oxygen atoms in total. The van der Waals surface area contributed by atoms with Gasteiger partial charge < -0.3 is 5.32 Å². The molecule has 2 heterocycles. The number of anilines is 1. The number of rotatable bonds is 1. The summed E-state index contributed by atoms with van der Waals surface area (Å²) < 4.78 is 41.4. The van der Waals surface area contributed by atoms with Crippen LogP contribution in [0.2, 0.25) is 4.34 Å². The van der Waals surface area contributed by atoms with Crippen molar-refractivity contribution < 1.29 is 12.8 Å². The summed E-state index contributed by atoms with van der Waals surface area (Å²) in [7, 11) is -3.74. The van der Waals surface area contributed by atoms with Crippen LogP contribution in [0, 0.1) is 5.82 Å². The molecule has 1 N–H and O–H groups in total. The third-order valence-electron chi connectivity index (χ3n) is 2.40. The van der Waals surface area contributed by atoms with Gasteiger partial charge in [0.15, 0.2) is 5.17 Å². The highest BCUT2D eigenvalue weighted by atomic mass is 35.5. The van der Waals surface area contributed by atoms with E-state index in [0.29, 0.717) is 14.2 Å². The number of thiophene rings is 1. The van der Waals surface area contributed by atoms with Crippen LogP contribution in [0.4, 0.5) is 10.1 Å². The zero-order chi connectivity index (χ0) is 14.3. The monoisotopic (exact) mass is 348 g/mol. The molecule has 1 aromatic carbocycles. The number of hydrogen-bond acceptors (Lipinski definition) is 5. The SMILES string of the molecule is O=S1(=O)N=C(Nc2ccc(F)cc2)Sc2sc(Cl)cc21. The first-order valence-corrected chi connectivity index (χ1v) is 8.74. The van der Waals surface area contributed by atoms with Gasteiger partial charge >= 0.3 is 0 Å². The maximum Gasteiger partial charge on any atom is 0.286 e. The van der Waals surface area contributed by atoms with Crippen LogP contribution in [0.25, 0.3) is 0 Å². The van der Waals surface area contributed by atoms with E-state index in [1.807, 2.05) is 0 Å². The van der Waals surface area contributed by atoms with Crippen molar-refractivity contribution in [2.24, 2.45) is 4.40 Å². The summed E-state index contributed by atoms with van der Waals surface area (Å²) in [6.45, 7) is 0. The van der Waals surface area contributed by atoms with E-state index in [4.69, 9.17) is 11.6 Å². The van der Waals surface area contributed by atoms with Gasteiger partial charge in [0, 0.05) is 5.69 Å². The number of thioether (sulfide) groups is 1. The average Bonchev–Trinajstić information content (AvgIpc) is 2.73. The molecule has 3 rings (SSSR count). The fourth-order valence-electron chi connectivity index (χ4n) is 1.55. The molecule has 0 saturated heterocycles. The lowest BCUT2D eigenvalue weighted by atomic mass is 10.3. The largest absolute Gasteiger partial charge is 0.334 e. The lowest BCUT2D eigenvalue weighted by Gasteiger charge is -2.13. The summed E-state index contributed by atoms with van der Waals surface area (Å²) in [5.41, 5.74) is 0.555. The Bertz CT molecular complexity index is 800. The van der Waals surface area contributed by atoms with Crippen LogP contribution in [0.1, 0.15) is 0 Å². The highest BCUT2D eigenvalue weighted by molar-refractivity contribution is 8.17. The molecule has 0 amide bonds. The molecule has 0 atom stereocenters. The second kappa shape index (κ2) is 5.03. The van der Waals surface area contributed by atoms with Crippen LogP contribution in [0.15, 0.2) is 43.8 Å². The standard InChI is InChI=1S/C11H6ClFN2O2S3/c12-9-5-8-10(18-9)19-11(15-20(8,16)17)14-7-3-1-6(13)2-4-7/h1-5H,(H,14,15). The van der Waals surface area contributed by atoms with E-state index in [0.717, 1.165) is 0 Å². The molecule has 104 valence electrons. The fraction of sp³-hybridized carbons (Fsp3) is 0. The lowest BCUT2D eigenvalue weighted by Crippen LogP contribution is -2.14. The number of fused-ring (bicyclic) bond motifs is 1. The minimum atomic E-state index is -3.74. The summed E-state index contributed by atoms with van der Waals surface area (Å²) in [6.07, 6.45) is 0. The van der Waals surface area contributed by atoms with Gasteiger partial charge in [-0.2, -0.15) is 8.42 Å². The third-order valence-corrected chi connectivity index (χ3v) is 6.43. The molecule has 20 heavy (non-hydrogen) atoms. The molecule has 0 aliphatic carbocycles. The van der Waals surface area contributed by atoms with E-state index in [9.17, 15) is 12.8 Å². The van der Waals surface area contributed by atoms with Gasteiger partial charge in [-0.1, -0.05) is 11.6 Å². The van der Waals surface area contributed by atoms with Crippen LogP contribution in [-0.4, -0.2) is 13.6 Å². The fourth-order valence-corrected chi connectivity index (χ4v) is 6.02. The average molecular weight is 349 g/mol. The minimum absolute atomic E-state index is 0.127. The van der Waals surface area contributed by atoms with Crippen molar-refractivity contribution in [1.82, 2.24) is 0 Å². The van der Waals surface area contributed by atoms with Crippen molar-refractivity contribution in [3.8, 4) is 0 Å². The van der Waals surface area contributed by atoms with Crippen LogP contribution >= 0.6 is 34.7 Å². The molecule has 0 bridgehead atoms. The van der Waals surface area contributed by atoms with Gasteiger partial charge in [0.05, 0.1) is 8.55 Å². The molecule has 0 spiro atoms. The Morgan fingerprint density at radius 1 is 1.25 bits per heavy atom. The van der Waals surface area contributed by atoms with Gasteiger partial charge in [-0.05, 0) is 42.1 Å². The third kappa shape index (κ3) is 2.69. The highest BCUT2D eigenvalue weighted by Gasteiger charge is 2.28. The lowest BCUT2D eigenvalue weighted by molar-refractivity contribution is 0.596. The molecule has 2 aromatic rings. The summed E-state index contributed by atoms with van der Waals surface area (Å²) in [4.78, 5) is 0.127. The normalized spacial score (nSPS) is 16.4.